The van der Waals surface area contributed by atoms with Crippen molar-refractivity contribution in [3.8, 4) is 11.4 Å². The zero-order valence-corrected chi connectivity index (χ0v) is 17.0. The average molecular weight is 397 g/mol. The number of amides is 2. The molecular weight excluding hydrogens is 370 g/mol. The van der Waals surface area contributed by atoms with E-state index in [1.807, 2.05) is 50.5 Å². The van der Waals surface area contributed by atoms with Crippen LogP contribution in [0.25, 0.3) is 5.69 Å². The molecule has 1 aromatic heterocycles. The van der Waals surface area contributed by atoms with E-state index in [-0.39, 0.29) is 17.7 Å². The Balaban J connectivity index is 1.44. The van der Waals surface area contributed by atoms with Crippen LogP contribution in [0.4, 0.5) is 0 Å². The number of hydrogen-bond donors (Lipinski definition) is 1. The Bertz CT molecular complexity index is 909. The first-order chi connectivity index (χ1) is 14.0. The Morgan fingerprint density at radius 2 is 2.03 bits per heavy atom. The van der Waals surface area contributed by atoms with Crippen molar-refractivity contribution in [2.45, 2.75) is 32.5 Å². The van der Waals surface area contributed by atoms with E-state index in [1.165, 1.54) is 0 Å². The van der Waals surface area contributed by atoms with Gasteiger partial charge in [0, 0.05) is 37.9 Å². The van der Waals surface area contributed by atoms with Crippen LogP contribution in [0.3, 0.4) is 0 Å². The van der Waals surface area contributed by atoms with Crippen molar-refractivity contribution >= 4 is 11.8 Å². The number of methoxy groups -OCH3 is 1. The number of piperazine rings is 2. The molecule has 0 bridgehead atoms. The van der Waals surface area contributed by atoms with E-state index in [4.69, 9.17) is 4.74 Å². The van der Waals surface area contributed by atoms with Crippen LogP contribution in [0.1, 0.15) is 19.4 Å². The van der Waals surface area contributed by atoms with E-state index < -0.39 is 12.1 Å². The number of carbonyl (C=O) groups excluding carboxylic acids is 2. The van der Waals surface area contributed by atoms with Crippen LogP contribution in [0.2, 0.25) is 0 Å². The first-order valence-electron chi connectivity index (χ1n) is 9.98. The Labute approximate surface area is 170 Å². The summed E-state index contributed by atoms with van der Waals surface area (Å²) in [5.41, 5.74) is 1.93. The fourth-order valence-corrected chi connectivity index (χ4v) is 4.06. The highest BCUT2D eigenvalue weighted by molar-refractivity contribution is 5.97. The number of rotatable bonds is 5. The third kappa shape index (κ3) is 3.72. The zero-order valence-electron chi connectivity index (χ0n) is 17.0. The number of ether oxygens (including phenoxy) is 1. The number of fused-ring (bicyclic) bond motifs is 1. The molecule has 2 amide bonds. The zero-order chi connectivity index (χ0) is 20.5. The lowest BCUT2D eigenvalue weighted by Crippen LogP contribution is -2.70. The van der Waals surface area contributed by atoms with Gasteiger partial charge in [-0.3, -0.25) is 14.5 Å². The van der Waals surface area contributed by atoms with Crippen LogP contribution >= 0.6 is 0 Å². The third-order valence-electron chi connectivity index (χ3n) is 5.65. The molecule has 8 heteroatoms. The van der Waals surface area contributed by atoms with Crippen molar-refractivity contribution in [1.82, 2.24) is 24.9 Å². The monoisotopic (exact) mass is 397 g/mol. The predicted octanol–water partition coefficient (Wildman–Crippen LogP) is 1.05. The highest BCUT2D eigenvalue weighted by Crippen LogP contribution is 2.23. The van der Waals surface area contributed by atoms with E-state index in [0.717, 1.165) is 23.5 Å². The summed E-state index contributed by atoms with van der Waals surface area (Å²) in [6.07, 6.45) is 3.81. The van der Waals surface area contributed by atoms with Gasteiger partial charge in [0.2, 0.25) is 11.8 Å². The van der Waals surface area contributed by atoms with Crippen LogP contribution < -0.4 is 10.1 Å². The van der Waals surface area contributed by atoms with Crippen molar-refractivity contribution in [2.24, 2.45) is 5.92 Å². The molecule has 4 rings (SSSR count). The van der Waals surface area contributed by atoms with Gasteiger partial charge >= 0.3 is 0 Å². The van der Waals surface area contributed by atoms with Gasteiger partial charge in [0.05, 0.1) is 13.3 Å². The van der Waals surface area contributed by atoms with E-state index in [0.29, 0.717) is 19.6 Å². The second-order valence-electron chi connectivity index (χ2n) is 7.98. The summed E-state index contributed by atoms with van der Waals surface area (Å²) in [6.45, 7) is 6.43. The number of carbonyl (C=O) groups is 2. The van der Waals surface area contributed by atoms with Gasteiger partial charge in [0.15, 0.2) is 0 Å². The second kappa shape index (κ2) is 7.87. The number of nitrogens with one attached hydrogen (secondary N) is 1. The molecule has 0 spiro atoms. The highest BCUT2D eigenvalue weighted by atomic mass is 16.5. The number of nitrogens with zero attached hydrogens (tertiary/aromatic N) is 4. The van der Waals surface area contributed by atoms with Gasteiger partial charge in [-0.25, -0.2) is 4.68 Å². The number of hydrogen-bond acceptors (Lipinski definition) is 5. The maximum atomic E-state index is 12.7. The molecule has 3 heterocycles. The molecule has 154 valence electrons. The van der Waals surface area contributed by atoms with Crippen LogP contribution in [0.15, 0.2) is 36.7 Å². The molecule has 2 saturated heterocycles. The molecular formula is C21H27N5O3. The van der Waals surface area contributed by atoms with E-state index in [1.54, 1.807) is 16.7 Å². The number of benzene rings is 1. The Hall–Kier alpha value is -2.87. The molecule has 0 unspecified atom stereocenters. The van der Waals surface area contributed by atoms with Gasteiger partial charge in [-0.1, -0.05) is 26.0 Å². The molecule has 8 nitrogen and oxygen atoms in total. The van der Waals surface area contributed by atoms with Crippen LogP contribution in [0.5, 0.6) is 5.75 Å². The molecule has 2 atom stereocenters. The van der Waals surface area contributed by atoms with Crippen molar-refractivity contribution in [1.29, 1.82) is 0 Å². The number of aromatic nitrogens is 2. The summed E-state index contributed by atoms with van der Waals surface area (Å²) in [6, 6.07) is 6.89. The molecule has 1 N–H and O–H groups in total. The van der Waals surface area contributed by atoms with Crippen molar-refractivity contribution in [2.75, 3.05) is 26.7 Å². The summed E-state index contributed by atoms with van der Waals surface area (Å²) in [7, 11) is 1.64. The lowest BCUT2D eigenvalue weighted by molar-refractivity contribution is -0.154. The molecule has 0 aliphatic carbocycles. The number of para-hydroxylation sites is 2. The lowest BCUT2D eigenvalue weighted by Gasteiger charge is -2.46. The minimum absolute atomic E-state index is 0.0354. The predicted molar refractivity (Wildman–Crippen MR) is 108 cm³/mol. The van der Waals surface area contributed by atoms with Crippen molar-refractivity contribution in [3.63, 3.8) is 0 Å². The summed E-state index contributed by atoms with van der Waals surface area (Å²) in [4.78, 5) is 29.2. The molecule has 2 fully saturated rings. The highest BCUT2D eigenvalue weighted by Gasteiger charge is 2.44. The Morgan fingerprint density at radius 3 is 2.79 bits per heavy atom. The molecule has 1 aromatic carbocycles. The Kier molecular flexibility index (Phi) is 5.27. The molecule has 2 aromatic rings. The van der Waals surface area contributed by atoms with Gasteiger partial charge in [0.25, 0.3) is 0 Å². The summed E-state index contributed by atoms with van der Waals surface area (Å²) >= 11 is 0. The van der Waals surface area contributed by atoms with Crippen LogP contribution in [-0.2, 0) is 16.1 Å². The lowest BCUT2D eigenvalue weighted by atomic mass is 9.96. The largest absolute Gasteiger partial charge is 0.494 e. The smallest absolute Gasteiger partial charge is 0.246 e. The fraction of sp³-hybridized carbons (Fsp3) is 0.476. The van der Waals surface area contributed by atoms with Gasteiger partial charge < -0.3 is 15.0 Å². The molecule has 29 heavy (non-hydrogen) atoms. The summed E-state index contributed by atoms with van der Waals surface area (Å²) < 4.78 is 7.21. The first-order valence-corrected chi connectivity index (χ1v) is 9.98. The SMILES string of the molecule is COc1ccccc1-n1cc(CN2CCN3C(=O)[C@H](C(C)C)NC(=O)[C@H]3C2)cn1. The topological polar surface area (TPSA) is 79.7 Å². The molecule has 2 aliphatic heterocycles. The van der Waals surface area contributed by atoms with Gasteiger partial charge in [-0.2, -0.15) is 5.10 Å². The third-order valence-corrected chi connectivity index (χ3v) is 5.65. The first kappa shape index (κ1) is 19.4. The minimum atomic E-state index is -0.421. The minimum Gasteiger partial charge on any atom is -0.494 e. The molecule has 0 saturated carbocycles. The maximum absolute atomic E-state index is 12.7. The maximum Gasteiger partial charge on any atom is 0.246 e. The molecule has 2 aliphatic rings. The summed E-state index contributed by atoms with van der Waals surface area (Å²) in [5, 5.41) is 7.36. The van der Waals surface area contributed by atoms with Crippen molar-refractivity contribution < 1.29 is 14.3 Å². The normalized spacial score (nSPS) is 22.6. The van der Waals surface area contributed by atoms with Gasteiger partial charge in [-0.05, 0) is 18.1 Å². The standard InChI is InChI=1S/C21H27N5O3/c1-14(2)19-21(28)25-9-8-24(13-17(25)20(27)23-19)11-15-10-22-26(12-15)16-6-4-5-7-18(16)29-3/h4-7,10,12,14,17,19H,8-9,11,13H2,1-3H3,(H,23,27)/t17-,19+/m1/s1. The second-order valence-corrected chi connectivity index (χ2v) is 7.98. The van der Waals surface area contributed by atoms with Crippen LogP contribution in [0, 0.1) is 5.92 Å². The fourth-order valence-electron chi connectivity index (χ4n) is 4.06. The Morgan fingerprint density at radius 1 is 1.24 bits per heavy atom. The van der Waals surface area contributed by atoms with Gasteiger partial charge in [0.1, 0.15) is 23.5 Å². The van der Waals surface area contributed by atoms with Crippen molar-refractivity contribution in [3.05, 3.63) is 42.2 Å². The average Bonchev–Trinajstić information content (AvgIpc) is 3.18. The van der Waals surface area contributed by atoms with E-state index in [2.05, 4.69) is 15.3 Å². The van der Waals surface area contributed by atoms with Crippen LogP contribution in [-0.4, -0.2) is 70.2 Å². The molecule has 0 radical (unpaired) electrons. The quantitative estimate of drug-likeness (QED) is 0.816. The van der Waals surface area contributed by atoms with E-state index >= 15 is 0 Å². The van der Waals surface area contributed by atoms with Gasteiger partial charge in [-0.15, -0.1) is 0 Å². The summed E-state index contributed by atoms with van der Waals surface area (Å²) in [5.74, 6) is 0.824. The van der Waals surface area contributed by atoms with E-state index in [9.17, 15) is 9.59 Å².